The van der Waals surface area contributed by atoms with Crippen LogP contribution in [-0.2, 0) is 6.54 Å². The maximum absolute atomic E-state index is 5.68. The Labute approximate surface area is 111 Å². The number of nitrogens with one attached hydrogen (secondary N) is 1. The van der Waals surface area contributed by atoms with Gasteiger partial charge < -0.3 is 14.2 Å². The fourth-order valence-corrected chi connectivity index (χ4v) is 1.90. The minimum Gasteiger partial charge on any atom is -0.467 e. The van der Waals surface area contributed by atoms with Gasteiger partial charge in [0.2, 0.25) is 0 Å². The maximum Gasteiger partial charge on any atom is 0.198 e. The molecular formula is C15H16N2O2. The number of hydrogen-bond acceptors (Lipinski definition) is 4. The van der Waals surface area contributed by atoms with Crippen molar-refractivity contribution in [1.82, 2.24) is 4.98 Å². The SMILES string of the molecule is CC(C)c1nc2cc(NCc3ccco3)ccc2o1. The number of aromatic nitrogens is 1. The Kier molecular flexibility index (Phi) is 2.99. The molecule has 0 fully saturated rings. The quantitative estimate of drug-likeness (QED) is 0.761. The highest BCUT2D eigenvalue weighted by Gasteiger charge is 2.09. The molecule has 0 amide bonds. The monoisotopic (exact) mass is 256 g/mol. The van der Waals surface area contributed by atoms with Crippen molar-refractivity contribution < 1.29 is 8.83 Å². The van der Waals surface area contributed by atoms with E-state index in [2.05, 4.69) is 24.1 Å². The highest BCUT2D eigenvalue weighted by Crippen LogP contribution is 2.23. The van der Waals surface area contributed by atoms with Gasteiger partial charge in [0.05, 0.1) is 12.8 Å². The van der Waals surface area contributed by atoms with E-state index < -0.39 is 0 Å². The first kappa shape index (κ1) is 11.8. The Hall–Kier alpha value is -2.23. The average Bonchev–Trinajstić information content (AvgIpc) is 3.04. The summed E-state index contributed by atoms with van der Waals surface area (Å²) >= 11 is 0. The molecule has 0 saturated carbocycles. The van der Waals surface area contributed by atoms with Crippen LogP contribution in [0.15, 0.2) is 45.4 Å². The van der Waals surface area contributed by atoms with Gasteiger partial charge in [0.1, 0.15) is 11.3 Å². The fraction of sp³-hybridized carbons (Fsp3) is 0.267. The molecule has 1 N–H and O–H groups in total. The van der Waals surface area contributed by atoms with E-state index >= 15 is 0 Å². The van der Waals surface area contributed by atoms with Gasteiger partial charge >= 0.3 is 0 Å². The summed E-state index contributed by atoms with van der Waals surface area (Å²) in [6.45, 7) is 4.80. The molecule has 0 saturated heterocycles. The Morgan fingerprint density at radius 2 is 2.16 bits per heavy atom. The zero-order chi connectivity index (χ0) is 13.2. The van der Waals surface area contributed by atoms with Crippen LogP contribution in [0.25, 0.3) is 11.1 Å². The molecule has 3 rings (SSSR count). The molecule has 0 radical (unpaired) electrons. The minimum absolute atomic E-state index is 0.298. The normalized spacial score (nSPS) is 11.3. The van der Waals surface area contributed by atoms with Gasteiger partial charge in [-0.15, -0.1) is 0 Å². The molecule has 0 atom stereocenters. The molecule has 98 valence electrons. The van der Waals surface area contributed by atoms with Gasteiger partial charge in [0.15, 0.2) is 11.5 Å². The highest BCUT2D eigenvalue weighted by molar-refractivity contribution is 5.77. The van der Waals surface area contributed by atoms with Crippen molar-refractivity contribution in [2.45, 2.75) is 26.3 Å². The second kappa shape index (κ2) is 4.80. The van der Waals surface area contributed by atoms with Crippen LogP contribution in [0.1, 0.15) is 31.4 Å². The summed E-state index contributed by atoms with van der Waals surface area (Å²) in [5.41, 5.74) is 2.72. The molecular weight excluding hydrogens is 240 g/mol. The van der Waals surface area contributed by atoms with Crippen LogP contribution < -0.4 is 5.32 Å². The van der Waals surface area contributed by atoms with Crippen LogP contribution in [0, 0.1) is 0 Å². The summed E-state index contributed by atoms with van der Waals surface area (Å²) in [5, 5.41) is 3.30. The van der Waals surface area contributed by atoms with E-state index in [1.807, 2.05) is 30.3 Å². The zero-order valence-electron chi connectivity index (χ0n) is 11.0. The first-order chi connectivity index (χ1) is 9.22. The van der Waals surface area contributed by atoms with E-state index in [0.717, 1.165) is 28.4 Å². The van der Waals surface area contributed by atoms with E-state index in [0.29, 0.717) is 12.5 Å². The van der Waals surface area contributed by atoms with Crippen LogP contribution in [0.3, 0.4) is 0 Å². The molecule has 4 heteroatoms. The topological polar surface area (TPSA) is 51.2 Å². The standard InChI is InChI=1S/C15H16N2O2/c1-10(2)15-17-13-8-11(5-6-14(13)19-15)16-9-12-4-3-7-18-12/h3-8,10,16H,9H2,1-2H3. The Balaban J connectivity index is 1.80. The molecule has 0 aliphatic heterocycles. The van der Waals surface area contributed by atoms with Gasteiger partial charge in [-0.2, -0.15) is 0 Å². The van der Waals surface area contributed by atoms with Crippen molar-refractivity contribution in [3.63, 3.8) is 0 Å². The number of furan rings is 1. The molecule has 0 bridgehead atoms. The Morgan fingerprint density at radius 1 is 1.26 bits per heavy atom. The maximum atomic E-state index is 5.68. The lowest BCUT2D eigenvalue weighted by Gasteiger charge is -2.03. The van der Waals surface area contributed by atoms with E-state index in [1.165, 1.54) is 0 Å². The number of hydrogen-bond donors (Lipinski definition) is 1. The van der Waals surface area contributed by atoms with Crippen molar-refractivity contribution in [2.75, 3.05) is 5.32 Å². The lowest BCUT2D eigenvalue weighted by Crippen LogP contribution is -1.97. The number of benzene rings is 1. The minimum atomic E-state index is 0.298. The Morgan fingerprint density at radius 3 is 2.89 bits per heavy atom. The second-order valence-corrected chi connectivity index (χ2v) is 4.82. The van der Waals surface area contributed by atoms with Gasteiger partial charge in [0.25, 0.3) is 0 Å². The molecule has 2 heterocycles. The van der Waals surface area contributed by atoms with Crippen LogP contribution in [0.4, 0.5) is 5.69 Å². The largest absolute Gasteiger partial charge is 0.467 e. The van der Waals surface area contributed by atoms with E-state index in [-0.39, 0.29) is 0 Å². The second-order valence-electron chi connectivity index (χ2n) is 4.82. The lowest BCUT2D eigenvalue weighted by molar-refractivity contribution is 0.501. The third-order valence-corrected chi connectivity index (χ3v) is 2.94. The number of rotatable bonds is 4. The van der Waals surface area contributed by atoms with Crippen LogP contribution in [-0.4, -0.2) is 4.98 Å². The summed E-state index contributed by atoms with van der Waals surface area (Å²) < 4.78 is 11.0. The van der Waals surface area contributed by atoms with Crippen molar-refractivity contribution in [3.05, 3.63) is 48.2 Å². The van der Waals surface area contributed by atoms with Crippen molar-refractivity contribution in [3.8, 4) is 0 Å². The molecule has 2 aromatic heterocycles. The van der Waals surface area contributed by atoms with Gasteiger partial charge in [-0.3, -0.25) is 0 Å². The van der Waals surface area contributed by atoms with Gasteiger partial charge in [0, 0.05) is 11.6 Å². The summed E-state index contributed by atoms with van der Waals surface area (Å²) in [4.78, 5) is 4.49. The molecule has 0 spiro atoms. The van der Waals surface area contributed by atoms with E-state index in [9.17, 15) is 0 Å². The number of anilines is 1. The number of fused-ring (bicyclic) bond motifs is 1. The first-order valence-corrected chi connectivity index (χ1v) is 6.39. The van der Waals surface area contributed by atoms with E-state index in [1.54, 1.807) is 6.26 Å². The summed E-state index contributed by atoms with van der Waals surface area (Å²) in [7, 11) is 0. The van der Waals surface area contributed by atoms with Crippen molar-refractivity contribution >= 4 is 16.8 Å². The molecule has 0 unspecified atom stereocenters. The molecule has 3 aromatic rings. The molecule has 0 aliphatic carbocycles. The van der Waals surface area contributed by atoms with Gasteiger partial charge in [-0.05, 0) is 30.3 Å². The summed E-state index contributed by atoms with van der Waals surface area (Å²) in [6.07, 6.45) is 1.67. The van der Waals surface area contributed by atoms with E-state index in [4.69, 9.17) is 8.83 Å². The molecule has 19 heavy (non-hydrogen) atoms. The summed E-state index contributed by atoms with van der Waals surface area (Å²) in [6, 6.07) is 9.75. The predicted molar refractivity (Wildman–Crippen MR) is 74.1 cm³/mol. The summed E-state index contributed by atoms with van der Waals surface area (Å²) in [5.74, 6) is 1.98. The highest BCUT2D eigenvalue weighted by atomic mass is 16.3. The van der Waals surface area contributed by atoms with Gasteiger partial charge in [-0.25, -0.2) is 4.98 Å². The number of nitrogens with zero attached hydrogens (tertiary/aromatic N) is 1. The molecule has 0 aliphatic rings. The fourth-order valence-electron chi connectivity index (χ4n) is 1.90. The molecule has 1 aromatic carbocycles. The third-order valence-electron chi connectivity index (χ3n) is 2.94. The molecule has 4 nitrogen and oxygen atoms in total. The van der Waals surface area contributed by atoms with Crippen LogP contribution in [0.5, 0.6) is 0 Å². The number of oxazole rings is 1. The third kappa shape index (κ3) is 2.47. The Bertz CT molecular complexity index is 669. The predicted octanol–water partition coefficient (Wildman–Crippen LogP) is 4.16. The average molecular weight is 256 g/mol. The van der Waals surface area contributed by atoms with Gasteiger partial charge in [-0.1, -0.05) is 13.8 Å². The lowest BCUT2D eigenvalue weighted by atomic mass is 10.2. The van der Waals surface area contributed by atoms with Crippen molar-refractivity contribution in [1.29, 1.82) is 0 Å². The first-order valence-electron chi connectivity index (χ1n) is 6.39. The van der Waals surface area contributed by atoms with Crippen LogP contribution >= 0.6 is 0 Å². The van der Waals surface area contributed by atoms with Crippen LogP contribution in [0.2, 0.25) is 0 Å². The smallest absolute Gasteiger partial charge is 0.198 e. The zero-order valence-corrected chi connectivity index (χ0v) is 11.0. The van der Waals surface area contributed by atoms with Crippen molar-refractivity contribution in [2.24, 2.45) is 0 Å².